The van der Waals surface area contributed by atoms with Crippen LogP contribution in [-0.2, 0) is 6.54 Å². The molecule has 8 heteroatoms. The first-order valence-corrected chi connectivity index (χ1v) is 10.8. The molecule has 0 aliphatic heterocycles. The number of carbonyl (C=O) groups is 1. The summed E-state index contributed by atoms with van der Waals surface area (Å²) in [7, 11) is 0. The Labute approximate surface area is 190 Å². The Balaban J connectivity index is 1.54. The first-order valence-electron chi connectivity index (χ1n) is 10.8. The summed E-state index contributed by atoms with van der Waals surface area (Å²) >= 11 is 0. The maximum Gasteiger partial charge on any atom is 0.257 e. The molecular formula is C25H24N6O2. The van der Waals surface area contributed by atoms with Gasteiger partial charge in [0.15, 0.2) is 11.4 Å². The van der Waals surface area contributed by atoms with Gasteiger partial charge in [-0.3, -0.25) is 4.79 Å². The van der Waals surface area contributed by atoms with Crippen LogP contribution in [0.2, 0.25) is 0 Å². The summed E-state index contributed by atoms with van der Waals surface area (Å²) in [6.07, 6.45) is 3.28. The molecule has 0 atom stereocenters. The second kappa shape index (κ2) is 8.38. The lowest BCUT2D eigenvalue weighted by Gasteiger charge is -2.11. The highest BCUT2D eigenvalue weighted by atomic mass is 16.3. The van der Waals surface area contributed by atoms with Crippen LogP contribution in [0.1, 0.15) is 41.5 Å². The molecule has 0 fully saturated rings. The van der Waals surface area contributed by atoms with Crippen molar-refractivity contribution in [1.82, 2.24) is 24.5 Å². The third-order valence-electron chi connectivity index (χ3n) is 5.39. The van der Waals surface area contributed by atoms with E-state index in [2.05, 4.69) is 15.5 Å². The molecule has 8 nitrogen and oxygen atoms in total. The Bertz CT molecular complexity index is 1410. The van der Waals surface area contributed by atoms with Crippen molar-refractivity contribution in [1.29, 1.82) is 0 Å². The van der Waals surface area contributed by atoms with Gasteiger partial charge in [0.05, 0.1) is 35.6 Å². The maximum atomic E-state index is 13.5. The zero-order chi connectivity index (χ0) is 22.9. The van der Waals surface area contributed by atoms with Crippen LogP contribution in [0.25, 0.3) is 22.5 Å². The molecule has 0 saturated carbocycles. The average molecular weight is 441 g/mol. The molecule has 0 saturated heterocycles. The number of nitrogens with zero attached hydrogens (tertiary/aromatic N) is 5. The Hall–Kier alpha value is -4.20. The number of carbonyl (C=O) groups excluding carboxylic acids is 1. The number of benzene rings is 1. The lowest BCUT2D eigenvalue weighted by molar-refractivity contribution is 0.102. The lowest BCUT2D eigenvalue weighted by Crippen LogP contribution is -2.17. The molecule has 166 valence electrons. The fourth-order valence-electron chi connectivity index (χ4n) is 3.84. The van der Waals surface area contributed by atoms with Crippen LogP contribution in [0.4, 0.5) is 5.82 Å². The van der Waals surface area contributed by atoms with E-state index in [-0.39, 0.29) is 11.9 Å². The van der Waals surface area contributed by atoms with Crippen LogP contribution in [-0.4, -0.2) is 30.5 Å². The van der Waals surface area contributed by atoms with Crippen LogP contribution in [0.5, 0.6) is 0 Å². The van der Waals surface area contributed by atoms with Crippen LogP contribution in [0.15, 0.2) is 71.5 Å². The molecule has 0 spiro atoms. The van der Waals surface area contributed by atoms with Gasteiger partial charge in [-0.1, -0.05) is 30.3 Å². The minimum absolute atomic E-state index is 0.0905. The third-order valence-corrected chi connectivity index (χ3v) is 5.39. The summed E-state index contributed by atoms with van der Waals surface area (Å²) in [5.74, 6) is 0.960. The molecule has 0 bridgehead atoms. The largest absolute Gasteiger partial charge is 0.463 e. The summed E-state index contributed by atoms with van der Waals surface area (Å²) in [4.78, 5) is 18.2. The summed E-state index contributed by atoms with van der Waals surface area (Å²) < 4.78 is 9.15. The Morgan fingerprint density at radius 3 is 2.67 bits per heavy atom. The van der Waals surface area contributed by atoms with Gasteiger partial charge in [0.2, 0.25) is 0 Å². The normalized spacial score (nSPS) is 11.4. The van der Waals surface area contributed by atoms with Crippen LogP contribution in [0, 0.1) is 6.92 Å². The van der Waals surface area contributed by atoms with E-state index >= 15 is 0 Å². The molecular weight excluding hydrogens is 416 g/mol. The minimum atomic E-state index is -0.257. The topological polar surface area (TPSA) is 90.8 Å². The van der Waals surface area contributed by atoms with Crippen molar-refractivity contribution in [2.24, 2.45) is 0 Å². The van der Waals surface area contributed by atoms with Gasteiger partial charge in [0.1, 0.15) is 11.5 Å². The van der Waals surface area contributed by atoms with E-state index in [4.69, 9.17) is 9.40 Å². The van der Waals surface area contributed by atoms with E-state index in [0.29, 0.717) is 40.4 Å². The maximum absolute atomic E-state index is 13.5. The number of fused-ring (bicyclic) bond motifs is 1. The molecule has 1 N–H and O–H groups in total. The third kappa shape index (κ3) is 4.03. The van der Waals surface area contributed by atoms with Crippen molar-refractivity contribution < 1.29 is 9.21 Å². The smallest absolute Gasteiger partial charge is 0.257 e. The quantitative estimate of drug-likeness (QED) is 0.398. The van der Waals surface area contributed by atoms with Crippen molar-refractivity contribution >= 4 is 22.8 Å². The fraction of sp³-hybridized carbons (Fsp3) is 0.200. The van der Waals surface area contributed by atoms with Crippen molar-refractivity contribution in [3.8, 4) is 11.5 Å². The molecule has 0 aliphatic carbocycles. The average Bonchev–Trinajstić information content (AvgIpc) is 3.54. The zero-order valence-corrected chi connectivity index (χ0v) is 18.7. The van der Waals surface area contributed by atoms with Crippen molar-refractivity contribution in [3.63, 3.8) is 0 Å². The van der Waals surface area contributed by atoms with E-state index in [1.54, 1.807) is 29.3 Å². The second-order valence-corrected chi connectivity index (χ2v) is 8.22. The first-order chi connectivity index (χ1) is 16.0. The van der Waals surface area contributed by atoms with Gasteiger partial charge < -0.3 is 9.73 Å². The molecule has 4 heterocycles. The van der Waals surface area contributed by atoms with Gasteiger partial charge in [-0.15, -0.1) is 0 Å². The molecule has 5 rings (SSSR count). The Kier molecular flexibility index (Phi) is 5.26. The van der Waals surface area contributed by atoms with Gasteiger partial charge in [-0.05, 0) is 44.5 Å². The van der Waals surface area contributed by atoms with Crippen molar-refractivity contribution in [2.45, 2.75) is 33.4 Å². The monoisotopic (exact) mass is 440 g/mol. The fourth-order valence-corrected chi connectivity index (χ4v) is 3.84. The first kappa shape index (κ1) is 20.7. The summed E-state index contributed by atoms with van der Waals surface area (Å²) in [6, 6.07) is 17.3. The van der Waals surface area contributed by atoms with Crippen molar-refractivity contribution in [3.05, 3.63) is 83.9 Å². The molecule has 0 radical (unpaired) electrons. The molecule has 1 amide bonds. The van der Waals surface area contributed by atoms with E-state index in [1.807, 2.05) is 67.9 Å². The summed E-state index contributed by atoms with van der Waals surface area (Å²) in [6.45, 7) is 6.51. The van der Waals surface area contributed by atoms with Gasteiger partial charge >= 0.3 is 0 Å². The van der Waals surface area contributed by atoms with E-state index in [0.717, 1.165) is 11.3 Å². The van der Waals surface area contributed by atoms with E-state index < -0.39 is 0 Å². The molecule has 0 unspecified atom stereocenters. The summed E-state index contributed by atoms with van der Waals surface area (Å²) in [5.41, 5.74) is 3.61. The zero-order valence-electron chi connectivity index (χ0n) is 18.7. The van der Waals surface area contributed by atoms with Crippen molar-refractivity contribution in [2.75, 3.05) is 5.32 Å². The highest BCUT2D eigenvalue weighted by molar-refractivity contribution is 6.12. The van der Waals surface area contributed by atoms with Gasteiger partial charge in [0, 0.05) is 12.1 Å². The number of hydrogen-bond acceptors (Lipinski definition) is 5. The highest BCUT2D eigenvalue weighted by Gasteiger charge is 2.20. The Morgan fingerprint density at radius 2 is 1.94 bits per heavy atom. The van der Waals surface area contributed by atoms with Gasteiger partial charge in [-0.25, -0.2) is 14.3 Å². The predicted octanol–water partition coefficient (Wildman–Crippen LogP) is 5.08. The number of pyridine rings is 1. The highest BCUT2D eigenvalue weighted by Crippen LogP contribution is 2.27. The van der Waals surface area contributed by atoms with Crippen LogP contribution < -0.4 is 5.32 Å². The number of anilines is 1. The van der Waals surface area contributed by atoms with E-state index in [9.17, 15) is 4.79 Å². The minimum Gasteiger partial charge on any atom is -0.463 e. The van der Waals surface area contributed by atoms with Gasteiger partial charge in [0.25, 0.3) is 5.91 Å². The second-order valence-electron chi connectivity index (χ2n) is 8.22. The number of aromatic nitrogens is 5. The predicted molar refractivity (Wildman–Crippen MR) is 126 cm³/mol. The molecule has 5 aromatic rings. The SMILES string of the molecule is Cc1cc(NC(=O)c2cc(-c3ccco3)nc3c2cnn3C(C)C)n(Cc2ccccc2)n1. The molecule has 4 aromatic heterocycles. The molecule has 0 aliphatic rings. The molecule has 33 heavy (non-hydrogen) atoms. The summed E-state index contributed by atoms with van der Waals surface area (Å²) in [5, 5.41) is 12.7. The number of amides is 1. The standard InChI is InChI=1S/C25H24N6O2/c1-16(2)31-24-20(14-26-31)19(13-21(27-24)22-10-7-11-33-22)25(32)28-23-12-17(3)29-30(23)15-18-8-5-4-6-9-18/h4-14,16H,15H2,1-3H3,(H,28,32). The number of rotatable bonds is 6. The Morgan fingerprint density at radius 1 is 1.12 bits per heavy atom. The number of nitrogens with one attached hydrogen (secondary N) is 1. The van der Waals surface area contributed by atoms with Gasteiger partial charge in [-0.2, -0.15) is 10.2 Å². The number of aryl methyl sites for hydroxylation is 1. The number of hydrogen-bond donors (Lipinski definition) is 1. The molecule has 1 aromatic carbocycles. The number of furan rings is 1. The van der Waals surface area contributed by atoms with Crippen LogP contribution >= 0.6 is 0 Å². The van der Waals surface area contributed by atoms with E-state index in [1.165, 1.54) is 0 Å². The van der Waals surface area contributed by atoms with Crippen LogP contribution in [0.3, 0.4) is 0 Å². The lowest BCUT2D eigenvalue weighted by atomic mass is 10.1.